The molecule has 0 bridgehead atoms. The maximum Gasteiger partial charge on any atom is 0.325 e. The summed E-state index contributed by atoms with van der Waals surface area (Å²) in [4.78, 5) is 26.1. The monoisotopic (exact) mass is 167 g/mol. The number of likely N-dealkylation sites (tertiary alicyclic amines) is 1. The third-order valence-corrected chi connectivity index (χ3v) is 2.01. The molecule has 0 N–H and O–H groups in total. The Morgan fingerprint density at radius 2 is 2.50 bits per heavy atom. The van der Waals surface area contributed by atoms with Crippen LogP contribution in [0.25, 0.3) is 5.53 Å². The lowest BCUT2D eigenvalue weighted by Gasteiger charge is -2.14. The number of hydrogen-bond acceptors (Lipinski definition) is 2. The Balaban J connectivity index is 2.71. The van der Waals surface area contributed by atoms with Gasteiger partial charge >= 0.3 is 6.21 Å². The van der Waals surface area contributed by atoms with Crippen molar-refractivity contribution in [3.05, 3.63) is 5.53 Å². The van der Waals surface area contributed by atoms with Gasteiger partial charge in [-0.3, -0.25) is 9.59 Å². The highest BCUT2D eigenvalue weighted by atomic mass is 16.2. The number of carbonyl (C=O) groups excluding carboxylic acids is 2. The quantitative estimate of drug-likeness (QED) is 0.315. The molecular formula is C7H9N3O2. The first-order chi connectivity index (χ1) is 5.66. The molecule has 0 aliphatic carbocycles. The predicted molar refractivity (Wildman–Crippen MR) is 40.5 cm³/mol. The topological polar surface area (TPSA) is 73.8 Å². The third-order valence-electron chi connectivity index (χ3n) is 2.01. The Hall–Kier alpha value is -1.48. The predicted octanol–water partition coefficient (Wildman–Crippen LogP) is -0.523. The smallest absolute Gasteiger partial charge is 0.325 e. The van der Waals surface area contributed by atoms with Crippen molar-refractivity contribution < 1.29 is 14.4 Å². The van der Waals surface area contributed by atoms with Crippen LogP contribution in [0.1, 0.15) is 12.8 Å². The largest absolute Gasteiger partial charge is 0.361 e. The van der Waals surface area contributed by atoms with E-state index in [1.807, 2.05) is 0 Å². The van der Waals surface area contributed by atoms with Crippen LogP contribution in [0.15, 0.2) is 0 Å². The molecule has 5 nitrogen and oxygen atoms in total. The number of carbonyl (C=O) groups is 2. The van der Waals surface area contributed by atoms with Crippen LogP contribution in [0.4, 0.5) is 0 Å². The Kier molecular flexibility index (Phi) is 2.35. The summed E-state index contributed by atoms with van der Waals surface area (Å²) in [6, 6.07) is -0.437. The zero-order valence-electron chi connectivity index (χ0n) is 6.73. The van der Waals surface area contributed by atoms with Crippen LogP contribution in [0.2, 0.25) is 0 Å². The van der Waals surface area contributed by atoms with Crippen molar-refractivity contribution in [2.24, 2.45) is 0 Å². The molecule has 1 saturated heterocycles. The van der Waals surface area contributed by atoms with E-state index in [9.17, 15) is 9.59 Å². The Bertz CT molecular complexity index is 268. The van der Waals surface area contributed by atoms with Gasteiger partial charge in [-0.15, -0.1) is 0 Å². The van der Waals surface area contributed by atoms with E-state index in [1.54, 1.807) is 7.05 Å². The molecule has 0 radical (unpaired) electrons. The normalized spacial score (nSPS) is 22.2. The van der Waals surface area contributed by atoms with E-state index < -0.39 is 6.04 Å². The van der Waals surface area contributed by atoms with Gasteiger partial charge < -0.3 is 10.4 Å². The molecule has 1 aliphatic heterocycles. The molecule has 64 valence electrons. The van der Waals surface area contributed by atoms with Gasteiger partial charge in [0.15, 0.2) is 0 Å². The fraction of sp³-hybridized carbons (Fsp3) is 0.571. The van der Waals surface area contributed by atoms with Gasteiger partial charge in [-0.2, -0.15) is 4.79 Å². The number of ketones is 1. The van der Waals surface area contributed by atoms with Crippen LogP contribution < -0.4 is 0 Å². The summed E-state index contributed by atoms with van der Waals surface area (Å²) >= 11 is 0. The van der Waals surface area contributed by atoms with Crippen LogP contribution in [0, 0.1) is 0 Å². The number of likely N-dealkylation sites (N-methyl/N-ethyl adjacent to an activating group) is 1. The molecule has 5 heteroatoms. The summed E-state index contributed by atoms with van der Waals surface area (Å²) in [5.41, 5.74) is 8.09. The summed E-state index contributed by atoms with van der Waals surface area (Å²) in [6.45, 7) is 0. The summed E-state index contributed by atoms with van der Waals surface area (Å²) < 4.78 is 0. The highest BCUT2D eigenvalue weighted by Crippen LogP contribution is 2.16. The second kappa shape index (κ2) is 3.28. The lowest BCUT2D eigenvalue weighted by molar-refractivity contribution is -0.131. The van der Waals surface area contributed by atoms with Crippen LogP contribution in [0.3, 0.4) is 0 Å². The van der Waals surface area contributed by atoms with E-state index in [0.717, 1.165) is 6.21 Å². The van der Waals surface area contributed by atoms with E-state index in [2.05, 4.69) is 4.79 Å². The Labute approximate surface area is 69.6 Å². The number of nitrogens with zero attached hydrogens (tertiary/aromatic N) is 3. The third kappa shape index (κ3) is 1.40. The summed E-state index contributed by atoms with van der Waals surface area (Å²) in [5, 5.41) is 0. The highest BCUT2D eigenvalue weighted by molar-refractivity contribution is 6.28. The molecule has 1 rings (SSSR count). The van der Waals surface area contributed by atoms with E-state index in [1.165, 1.54) is 4.90 Å². The second-order valence-corrected chi connectivity index (χ2v) is 2.71. The fourth-order valence-electron chi connectivity index (χ4n) is 1.28. The molecule has 1 unspecified atom stereocenters. The van der Waals surface area contributed by atoms with Crippen LogP contribution in [-0.2, 0) is 9.59 Å². The van der Waals surface area contributed by atoms with E-state index in [0.29, 0.717) is 12.8 Å². The van der Waals surface area contributed by atoms with Crippen LogP contribution >= 0.6 is 0 Å². The molecule has 0 aromatic rings. The Morgan fingerprint density at radius 1 is 1.83 bits per heavy atom. The summed E-state index contributed by atoms with van der Waals surface area (Å²) in [5.74, 6) is -0.370. The van der Waals surface area contributed by atoms with Gasteiger partial charge in [0.1, 0.15) is 6.04 Å². The molecule has 1 atom stereocenters. The first-order valence-electron chi connectivity index (χ1n) is 3.63. The van der Waals surface area contributed by atoms with Gasteiger partial charge in [0.25, 0.3) is 5.78 Å². The standard InChI is InChI=1S/C7H9N3O2/c1-10-5(2-3-7(10)12)6(11)4-9-8/h4-5H,2-3H2,1H3. The zero-order chi connectivity index (χ0) is 9.14. The van der Waals surface area contributed by atoms with Crippen molar-refractivity contribution in [1.29, 1.82) is 0 Å². The second-order valence-electron chi connectivity index (χ2n) is 2.71. The minimum absolute atomic E-state index is 0.0420. The van der Waals surface area contributed by atoms with Gasteiger partial charge in [0.05, 0.1) is 0 Å². The average Bonchev–Trinajstić information content (AvgIpc) is 2.34. The molecule has 0 saturated carbocycles. The molecule has 1 heterocycles. The summed E-state index contributed by atoms with van der Waals surface area (Å²) in [7, 11) is 1.57. The van der Waals surface area contributed by atoms with Crippen LogP contribution in [0.5, 0.6) is 0 Å². The molecule has 1 aliphatic rings. The molecule has 0 aromatic heterocycles. The van der Waals surface area contributed by atoms with E-state index >= 15 is 0 Å². The van der Waals surface area contributed by atoms with Crippen LogP contribution in [-0.4, -0.2) is 40.7 Å². The number of rotatable bonds is 2. The highest BCUT2D eigenvalue weighted by Gasteiger charge is 2.33. The summed E-state index contributed by atoms with van der Waals surface area (Å²) in [6.07, 6.45) is 1.74. The SMILES string of the molecule is CN1C(=O)CCC1C(=O)C=[N+]=[N-]. The van der Waals surface area contributed by atoms with Crippen molar-refractivity contribution in [3.63, 3.8) is 0 Å². The maximum absolute atomic E-state index is 11.1. The zero-order valence-corrected chi connectivity index (χ0v) is 6.73. The number of hydrogen-bond donors (Lipinski definition) is 0. The average molecular weight is 167 g/mol. The number of Topliss-reactive ketones (excluding diaryl/α,β-unsaturated/α-hetero) is 1. The minimum Gasteiger partial charge on any atom is -0.361 e. The lowest BCUT2D eigenvalue weighted by Crippen LogP contribution is -2.36. The first kappa shape index (κ1) is 8.62. The van der Waals surface area contributed by atoms with Gasteiger partial charge in [0.2, 0.25) is 5.91 Å². The van der Waals surface area contributed by atoms with Gasteiger partial charge in [-0.1, -0.05) is 0 Å². The van der Waals surface area contributed by atoms with E-state index in [4.69, 9.17) is 5.53 Å². The number of amides is 1. The van der Waals surface area contributed by atoms with Crippen molar-refractivity contribution in [2.75, 3.05) is 7.05 Å². The molecule has 0 spiro atoms. The van der Waals surface area contributed by atoms with Crippen molar-refractivity contribution in [1.82, 2.24) is 4.90 Å². The van der Waals surface area contributed by atoms with E-state index in [-0.39, 0.29) is 11.7 Å². The van der Waals surface area contributed by atoms with Gasteiger partial charge in [-0.05, 0) is 6.42 Å². The Morgan fingerprint density at radius 3 is 2.92 bits per heavy atom. The molecular weight excluding hydrogens is 158 g/mol. The molecule has 1 amide bonds. The van der Waals surface area contributed by atoms with Gasteiger partial charge in [0, 0.05) is 13.5 Å². The van der Waals surface area contributed by atoms with Crippen molar-refractivity contribution >= 4 is 17.9 Å². The van der Waals surface area contributed by atoms with Crippen molar-refractivity contribution in [3.8, 4) is 0 Å². The molecule has 0 aromatic carbocycles. The molecule has 1 fully saturated rings. The van der Waals surface area contributed by atoms with Crippen molar-refractivity contribution in [2.45, 2.75) is 18.9 Å². The lowest BCUT2D eigenvalue weighted by atomic mass is 10.1. The molecule has 12 heavy (non-hydrogen) atoms. The minimum atomic E-state index is -0.437. The van der Waals surface area contributed by atoms with Gasteiger partial charge in [-0.25, -0.2) is 0 Å². The first-order valence-corrected chi connectivity index (χ1v) is 3.63. The maximum atomic E-state index is 11.1. The fourth-order valence-corrected chi connectivity index (χ4v) is 1.28.